The molecule has 0 spiro atoms. The van der Waals surface area contributed by atoms with Gasteiger partial charge in [0.05, 0.1) is 6.04 Å². The van der Waals surface area contributed by atoms with Gasteiger partial charge < -0.3 is 4.90 Å². The van der Waals surface area contributed by atoms with Crippen LogP contribution in [0.3, 0.4) is 0 Å². The van der Waals surface area contributed by atoms with Crippen molar-refractivity contribution in [1.82, 2.24) is 25.1 Å². The highest BCUT2D eigenvalue weighted by Crippen LogP contribution is 2.34. The molecule has 0 bridgehead atoms. The molecule has 1 saturated heterocycles. The summed E-state index contributed by atoms with van der Waals surface area (Å²) in [5, 5.41) is 11.2. The van der Waals surface area contributed by atoms with Gasteiger partial charge in [-0.2, -0.15) is 0 Å². The fourth-order valence-electron chi connectivity index (χ4n) is 2.76. The summed E-state index contributed by atoms with van der Waals surface area (Å²) in [4.78, 5) is 13.9. The normalized spacial score (nSPS) is 19.9. The second kappa shape index (κ2) is 6.31. The smallest absolute Gasteiger partial charge is 0.237 e. The van der Waals surface area contributed by atoms with E-state index in [1.807, 2.05) is 0 Å². The highest BCUT2D eigenvalue weighted by Gasteiger charge is 2.30. The first-order valence-corrected chi connectivity index (χ1v) is 9.62. The predicted molar refractivity (Wildman–Crippen MR) is 78.6 cm³/mol. The summed E-state index contributed by atoms with van der Waals surface area (Å²) in [7, 11) is -3.55. The summed E-state index contributed by atoms with van der Waals surface area (Å²) in [5.74, 6) is -0.681. The van der Waals surface area contributed by atoms with Crippen LogP contribution in [0.4, 0.5) is 0 Å². The Morgan fingerprint density at radius 1 is 1.14 bits per heavy atom. The number of nitrogens with zero attached hydrogens (tertiary/aromatic N) is 5. The number of tetrazole rings is 1. The van der Waals surface area contributed by atoms with Crippen LogP contribution in [-0.4, -0.2) is 58.3 Å². The van der Waals surface area contributed by atoms with E-state index in [1.54, 1.807) is 9.58 Å². The molecule has 0 radical (unpaired) electrons. The number of rotatable bonds is 5. The Morgan fingerprint density at radius 2 is 1.82 bits per heavy atom. The fraction of sp³-hybridized carbons (Fsp3) is 0.846. The fourth-order valence-corrected chi connectivity index (χ4v) is 4.00. The number of hydrogen-bond donors (Lipinski definition) is 0. The summed E-state index contributed by atoms with van der Waals surface area (Å²) in [6, 6.07) is 0.224. The minimum Gasteiger partial charge on any atom is -0.342 e. The average molecular weight is 327 g/mol. The van der Waals surface area contributed by atoms with E-state index in [2.05, 4.69) is 15.5 Å². The van der Waals surface area contributed by atoms with Gasteiger partial charge in [0, 0.05) is 13.1 Å². The third-order valence-corrected chi connectivity index (χ3v) is 5.49. The van der Waals surface area contributed by atoms with Crippen LogP contribution >= 0.6 is 0 Å². The van der Waals surface area contributed by atoms with E-state index in [-0.39, 0.29) is 17.7 Å². The molecule has 2 fully saturated rings. The lowest BCUT2D eigenvalue weighted by Gasteiger charge is -2.20. The minimum absolute atomic E-state index is 0.224. The van der Waals surface area contributed by atoms with Crippen LogP contribution in [0.2, 0.25) is 0 Å². The maximum absolute atomic E-state index is 12.3. The summed E-state index contributed by atoms with van der Waals surface area (Å²) >= 11 is 0. The second-order valence-corrected chi connectivity index (χ2v) is 8.16. The largest absolute Gasteiger partial charge is 0.342 e. The first-order valence-electron chi connectivity index (χ1n) is 7.80. The SMILES string of the molecule is O=C(CS(=O)(=O)Cc1nnnn1C1CC1)N1CCCCCC1. The van der Waals surface area contributed by atoms with E-state index >= 15 is 0 Å². The van der Waals surface area contributed by atoms with Crippen molar-refractivity contribution in [2.24, 2.45) is 0 Å². The van der Waals surface area contributed by atoms with Crippen molar-refractivity contribution in [1.29, 1.82) is 0 Å². The van der Waals surface area contributed by atoms with Crippen LogP contribution in [0.1, 0.15) is 50.4 Å². The summed E-state index contributed by atoms with van der Waals surface area (Å²) in [5.41, 5.74) is 0. The van der Waals surface area contributed by atoms with Crippen LogP contribution in [-0.2, 0) is 20.4 Å². The number of likely N-dealkylation sites (tertiary alicyclic amines) is 1. The Hall–Kier alpha value is -1.51. The van der Waals surface area contributed by atoms with Gasteiger partial charge in [-0.05, 0) is 36.1 Å². The predicted octanol–water partition coefficient (Wildman–Crippen LogP) is 0.325. The Kier molecular flexibility index (Phi) is 4.42. The van der Waals surface area contributed by atoms with Crippen LogP contribution in [0.15, 0.2) is 0 Å². The zero-order valence-electron chi connectivity index (χ0n) is 12.5. The average Bonchev–Trinajstić information content (AvgIpc) is 3.24. The lowest BCUT2D eigenvalue weighted by atomic mass is 10.2. The summed E-state index contributed by atoms with van der Waals surface area (Å²) in [6.45, 7) is 1.32. The molecular weight excluding hydrogens is 306 g/mol. The molecule has 1 amide bonds. The number of sulfone groups is 1. The Balaban J connectivity index is 1.62. The zero-order chi connectivity index (χ0) is 15.6. The molecule has 1 aromatic rings. The van der Waals surface area contributed by atoms with Crippen LogP contribution < -0.4 is 0 Å². The maximum atomic E-state index is 12.3. The first kappa shape index (κ1) is 15.4. The molecule has 0 N–H and O–H groups in total. The van der Waals surface area contributed by atoms with E-state index in [4.69, 9.17) is 0 Å². The van der Waals surface area contributed by atoms with Crippen molar-refractivity contribution in [2.45, 2.75) is 50.3 Å². The molecule has 2 heterocycles. The Bertz CT molecular complexity index is 630. The standard InChI is InChI=1S/C13H21N5O3S/c19-13(17-7-3-1-2-4-8-17)10-22(20,21)9-12-14-15-16-18(12)11-5-6-11/h11H,1-10H2. The van der Waals surface area contributed by atoms with Gasteiger partial charge >= 0.3 is 0 Å². The molecule has 122 valence electrons. The van der Waals surface area contributed by atoms with Crippen LogP contribution in [0.25, 0.3) is 0 Å². The third-order valence-electron chi connectivity index (χ3n) is 4.10. The van der Waals surface area contributed by atoms with E-state index in [0.29, 0.717) is 18.9 Å². The van der Waals surface area contributed by atoms with Gasteiger partial charge in [-0.3, -0.25) is 4.79 Å². The highest BCUT2D eigenvalue weighted by atomic mass is 32.2. The van der Waals surface area contributed by atoms with E-state index in [9.17, 15) is 13.2 Å². The number of carbonyl (C=O) groups excluding carboxylic acids is 1. The van der Waals surface area contributed by atoms with Gasteiger partial charge in [0.15, 0.2) is 15.7 Å². The minimum atomic E-state index is -3.55. The first-order chi connectivity index (χ1) is 10.6. The van der Waals surface area contributed by atoms with Gasteiger partial charge in [-0.1, -0.05) is 12.8 Å². The monoisotopic (exact) mass is 327 g/mol. The third kappa shape index (κ3) is 3.82. The van der Waals surface area contributed by atoms with Crippen LogP contribution in [0.5, 0.6) is 0 Å². The number of aromatic nitrogens is 4. The Labute approximate surface area is 129 Å². The molecule has 1 saturated carbocycles. The second-order valence-electron chi connectivity index (χ2n) is 6.10. The van der Waals surface area contributed by atoms with Crippen molar-refractivity contribution >= 4 is 15.7 Å². The molecule has 2 aliphatic rings. The number of carbonyl (C=O) groups is 1. The summed E-state index contributed by atoms with van der Waals surface area (Å²) < 4.78 is 26.1. The molecule has 1 aliphatic heterocycles. The molecule has 0 aromatic carbocycles. The molecule has 9 heteroatoms. The topological polar surface area (TPSA) is 98.0 Å². The lowest BCUT2D eigenvalue weighted by molar-refractivity contribution is -0.128. The molecule has 1 aromatic heterocycles. The number of amides is 1. The van der Waals surface area contributed by atoms with Crippen LogP contribution in [0, 0.1) is 0 Å². The van der Waals surface area contributed by atoms with Crippen molar-refractivity contribution in [2.75, 3.05) is 18.8 Å². The molecule has 3 rings (SSSR count). The van der Waals surface area contributed by atoms with Gasteiger partial charge in [0.25, 0.3) is 0 Å². The van der Waals surface area contributed by atoms with Crippen molar-refractivity contribution in [3.05, 3.63) is 5.82 Å². The van der Waals surface area contributed by atoms with Gasteiger partial charge in [0.2, 0.25) is 5.91 Å². The van der Waals surface area contributed by atoms with E-state index in [0.717, 1.165) is 38.5 Å². The quantitative estimate of drug-likeness (QED) is 0.773. The molecule has 0 unspecified atom stereocenters. The van der Waals surface area contributed by atoms with Crippen molar-refractivity contribution in [3.8, 4) is 0 Å². The molecule has 1 aliphatic carbocycles. The molecule has 8 nitrogen and oxygen atoms in total. The van der Waals surface area contributed by atoms with E-state index < -0.39 is 15.6 Å². The molecule has 0 atom stereocenters. The zero-order valence-corrected chi connectivity index (χ0v) is 13.3. The van der Waals surface area contributed by atoms with Crippen molar-refractivity contribution < 1.29 is 13.2 Å². The summed E-state index contributed by atoms with van der Waals surface area (Å²) in [6.07, 6.45) is 6.06. The van der Waals surface area contributed by atoms with E-state index in [1.165, 1.54) is 0 Å². The van der Waals surface area contributed by atoms with Crippen molar-refractivity contribution in [3.63, 3.8) is 0 Å². The van der Waals surface area contributed by atoms with Gasteiger partial charge in [-0.15, -0.1) is 5.10 Å². The maximum Gasteiger partial charge on any atom is 0.237 e. The van der Waals surface area contributed by atoms with Gasteiger partial charge in [-0.25, -0.2) is 13.1 Å². The highest BCUT2D eigenvalue weighted by molar-refractivity contribution is 7.91. The lowest BCUT2D eigenvalue weighted by Crippen LogP contribution is -2.36. The molecular formula is C13H21N5O3S. The Morgan fingerprint density at radius 3 is 2.45 bits per heavy atom. The number of hydrogen-bond acceptors (Lipinski definition) is 6. The van der Waals surface area contributed by atoms with Gasteiger partial charge in [0.1, 0.15) is 11.5 Å². The molecule has 22 heavy (non-hydrogen) atoms.